The van der Waals surface area contributed by atoms with Crippen molar-refractivity contribution in [1.82, 2.24) is 14.6 Å². The van der Waals surface area contributed by atoms with Crippen LogP contribution in [0.15, 0.2) is 24.3 Å². The smallest absolute Gasteiger partial charge is 0.254 e. The van der Waals surface area contributed by atoms with E-state index in [2.05, 4.69) is 10.3 Å². The van der Waals surface area contributed by atoms with Crippen molar-refractivity contribution in [2.24, 2.45) is 0 Å². The van der Waals surface area contributed by atoms with Gasteiger partial charge in [-0.15, -0.1) is 0 Å². The highest BCUT2D eigenvalue weighted by atomic mass is 35.5. The first-order valence-corrected chi connectivity index (χ1v) is 10.4. The molecule has 0 radical (unpaired) electrons. The molecule has 140 valence electrons. The largest absolute Gasteiger partial charge is 0.351 e. The lowest BCUT2D eigenvalue weighted by molar-refractivity contribution is 0.0956. The molecular weight excluding hydrogens is 381 g/mol. The number of rotatable bonds is 5. The maximum atomic E-state index is 13.2. The molecule has 3 rings (SSSR count). The Morgan fingerprint density at radius 3 is 2.69 bits per heavy atom. The number of hydrogen-bond donors (Lipinski definition) is 1. The Hall–Kier alpha value is -1.77. The number of fused-ring (bicyclic) bond motifs is 1. The highest BCUT2D eigenvalue weighted by Crippen LogP contribution is 2.21. The van der Waals surface area contributed by atoms with Crippen LogP contribution in [0.1, 0.15) is 29.6 Å². The maximum absolute atomic E-state index is 13.2. The summed E-state index contributed by atoms with van der Waals surface area (Å²) in [5, 5.41) is 3.08. The van der Waals surface area contributed by atoms with Gasteiger partial charge in [0.15, 0.2) is 0 Å². The van der Waals surface area contributed by atoms with Crippen molar-refractivity contribution in [1.29, 1.82) is 0 Å². The number of nitrogens with zero attached hydrogens (tertiary/aromatic N) is 2. The van der Waals surface area contributed by atoms with E-state index in [0.29, 0.717) is 24.0 Å². The first-order chi connectivity index (χ1) is 12.4. The Morgan fingerprint density at radius 2 is 1.96 bits per heavy atom. The van der Waals surface area contributed by atoms with Gasteiger partial charge in [-0.1, -0.05) is 18.0 Å². The number of sulfonamides is 1. The highest BCUT2D eigenvalue weighted by molar-refractivity contribution is 7.89. The zero-order valence-corrected chi connectivity index (χ0v) is 15.6. The molecule has 0 bridgehead atoms. The highest BCUT2D eigenvalue weighted by Gasteiger charge is 2.24. The van der Waals surface area contributed by atoms with E-state index in [0.717, 1.165) is 19.3 Å². The molecule has 1 aliphatic rings. The van der Waals surface area contributed by atoms with Crippen LogP contribution in [-0.2, 0) is 10.0 Å². The summed E-state index contributed by atoms with van der Waals surface area (Å²) in [5.74, 6) is -1.12. The molecule has 0 atom stereocenters. The van der Waals surface area contributed by atoms with E-state index in [9.17, 15) is 17.6 Å². The fourth-order valence-corrected chi connectivity index (χ4v) is 4.60. The number of benzene rings is 1. The third kappa shape index (κ3) is 4.31. The molecule has 1 saturated heterocycles. The van der Waals surface area contributed by atoms with Gasteiger partial charge in [-0.2, -0.15) is 0 Å². The van der Waals surface area contributed by atoms with E-state index in [1.54, 1.807) is 0 Å². The fourth-order valence-electron chi connectivity index (χ4n) is 2.94. The van der Waals surface area contributed by atoms with E-state index in [-0.39, 0.29) is 23.0 Å². The Morgan fingerprint density at radius 1 is 1.23 bits per heavy atom. The number of carbonyl (C=O) groups is 1. The molecule has 1 aromatic carbocycles. The molecule has 1 amide bonds. The summed E-state index contributed by atoms with van der Waals surface area (Å²) in [7, 11) is -3.38. The Balaban J connectivity index is 1.65. The number of nitrogens with one attached hydrogen (secondary N) is 1. The van der Waals surface area contributed by atoms with Gasteiger partial charge in [-0.05, 0) is 31.0 Å². The molecule has 1 fully saturated rings. The molecule has 6 nitrogen and oxygen atoms in total. The van der Waals surface area contributed by atoms with Crippen molar-refractivity contribution < 1.29 is 17.6 Å². The zero-order chi connectivity index (χ0) is 18.7. The van der Waals surface area contributed by atoms with E-state index in [1.807, 2.05) is 0 Å². The second kappa shape index (κ2) is 7.85. The van der Waals surface area contributed by atoms with Gasteiger partial charge in [0.2, 0.25) is 10.0 Å². The van der Waals surface area contributed by atoms with Crippen LogP contribution < -0.4 is 5.32 Å². The first kappa shape index (κ1) is 19.0. The Kier molecular flexibility index (Phi) is 5.74. The first-order valence-electron chi connectivity index (χ1n) is 8.39. The summed E-state index contributed by atoms with van der Waals surface area (Å²) in [4.78, 5) is 16.3. The SMILES string of the molecule is O=C(NCCS(=O)(=O)N1CCCCC1)c1cc2ccc(F)cc2nc1Cl. The lowest BCUT2D eigenvalue weighted by Crippen LogP contribution is -2.40. The van der Waals surface area contributed by atoms with Crippen molar-refractivity contribution in [3.05, 3.63) is 40.8 Å². The molecule has 0 saturated carbocycles. The van der Waals surface area contributed by atoms with Crippen LogP contribution in [-0.4, -0.2) is 49.0 Å². The molecule has 1 aliphatic heterocycles. The quantitative estimate of drug-likeness (QED) is 0.784. The van der Waals surface area contributed by atoms with Gasteiger partial charge in [0.05, 0.1) is 16.8 Å². The summed E-state index contributed by atoms with van der Waals surface area (Å²) in [6.45, 7) is 1.05. The van der Waals surface area contributed by atoms with Gasteiger partial charge in [-0.25, -0.2) is 22.1 Å². The normalized spacial score (nSPS) is 15.9. The summed E-state index contributed by atoms with van der Waals surface area (Å²) in [6, 6.07) is 5.52. The molecule has 26 heavy (non-hydrogen) atoms. The molecule has 1 aromatic heterocycles. The second-order valence-electron chi connectivity index (χ2n) is 6.20. The van der Waals surface area contributed by atoms with Gasteiger partial charge < -0.3 is 5.32 Å². The van der Waals surface area contributed by atoms with Gasteiger partial charge in [0.25, 0.3) is 5.91 Å². The maximum Gasteiger partial charge on any atom is 0.254 e. The van der Waals surface area contributed by atoms with Crippen molar-refractivity contribution in [3.8, 4) is 0 Å². The number of aromatic nitrogens is 1. The van der Waals surface area contributed by atoms with Crippen LogP contribution >= 0.6 is 11.6 Å². The third-order valence-corrected chi connectivity index (χ3v) is 6.49. The van der Waals surface area contributed by atoms with Crippen molar-refractivity contribution >= 4 is 38.4 Å². The van der Waals surface area contributed by atoms with E-state index in [4.69, 9.17) is 11.6 Å². The number of amides is 1. The fraction of sp³-hybridized carbons (Fsp3) is 0.412. The minimum absolute atomic E-state index is 0.0184. The molecule has 0 unspecified atom stereocenters. The average Bonchev–Trinajstić information content (AvgIpc) is 2.61. The lowest BCUT2D eigenvalue weighted by Gasteiger charge is -2.25. The van der Waals surface area contributed by atoms with Gasteiger partial charge >= 0.3 is 0 Å². The molecule has 2 aromatic rings. The molecule has 2 heterocycles. The van der Waals surface area contributed by atoms with Crippen LogP contribution in [0.4, 0.5) is 4.39 Å². The molecule has 0 spiro atoms. The summed E-state index contributed by atoms with van der Waals surface area (Å²) in [5.41, 5.74) is 0.473. The van der Waals surface area contributed by atoms with Crippen molar-refractivity contribution in [3.63, 3.8) is 0 Å². The minimum atomic E-state index is -3.38. The monoisotopic (exact) mass is 399 g/mol. The molecule has 0 aliphatic carbocycles. The summed E-state index contributed by atoms with van der Waals surface area (Å²) < 4.78 is 39.3. The number of halogens is 2. The summed E-state index contributed by atoms with van der Waals surface area (Å²) >= 11 is 6.02. The predicted octanol–water partition coefficient (Wildman–Crippen LogP) is 2.57. The summed E-state index contributed by atoms with van der Waals surface area (Å²) in [6.07, 6.45) is 2.77. The van der Waals surface area contributed by atoms with Gasteiger partial charge in [0, 0.05) is 31.1 Å². The Bertz CT molecular complexity index is 930. The third-order valence-electron chi connectivity index (χ3n) is 4.33. The van der Waals surface area contributed by atoms with Crippen molar-refractivity contribution in [2.45, 2.75) is 19.3 Å². The standard InChI is InChI=1S/C17H19ClFN3O3S/c18-16-14(10-12-4-5-13(19)11-15(12)21-16)17(23)20-6-9-26(24,25)22-7-2-1-3-8-22/h4-5,10-11H,1-3,6-9H2,(H,20,23). The predicted molar refractivity (Wildman–Crippen MR) is 98.3 cm³/mol. The van der Waals surface area contributed by atoms with Crippen LogP contribution in [0.5, 0.6) is 0 Å². The van der Waals surface area contributed by atoms with Crippen LogP contribution in [0.25, 0.3) is 10.9 Å². The molecular formula is C17H19ClFN3O3S. The number of pyridine rings is 1. The van der Waals surface area contributed by atoms with E-state index < -0.39 is 21.7 Å². The van der Waals surface area contributed by atoms with Crippen molar-refractivity contribution in [2.75, 3.05) is 25.4 Å². The van der Waals surface area contributed by atoms with E-state index >= 15 is 0 Å². The van der Waals surface area contributed by atoms with Gasteiger partial charge in [-0.3, -0.25) is 4.79 Å². The Labute approximate surface area is 156 Å². The second-order valence-corrected chi connectivity index (χ2v) is 8.64. The number of carbonyl (C=O) groups excluding carboxylic acids is 1. The molecule has 1 N–H and O–H groups in total. The minimum Gasteiger partial charge on any atom is -0.351 e. The van der Waals surface area contributed by atoms with Gasteiger partial charge in [0.1, 0.15) is 11.0 Å². The average molecular weight is 400 g/mol. The lowest BCUT2D eigenvalue weighted by atomic mass is 10.1. The van der Waals surface area contributed by atoms with Crippen LogP contribution in [0.3, 0.4) is 0 Å². The topological polar surface area (TPSA) is 79.4 Å². The number of hydrogen-bond acceptors (Lipinski definition) is 4. The van der Waals surface area contributed by atoms with Crippen LogP contribution in [0, 0.1) is 5.82 Å². The van der Waals surface area contributed by atoms with E-state index in [1.165, 1.54) is 28.6 Å². The van der Waals surface area contributed by atoms with Crippen LogP contribution in [0.2, 0.25) is 5.15 Å². The molecule has 9 heteroatoms. The zero-order valence-electron chi connectivity index (χ0n) is 14.0. The number of piperidine rings is 1.